The molecule has 5 heteroatoms. The lowest BCUT2D eigenvalue weighted by Gasteiger charge is -2.29. The summed E-state index contributed by atoms with van der Waals surface area (Å²) in [4.78, 5) is 8.35. The number of aromatic nitrogens is 2. The minimum atomic E-state index is -0.410. The van der Waals surface area contributed by atoms with Crippen molar-refractivity contribution in [2.75, 3.05) is 11.2 Å². The summed E-state index contributed by atoms with van der Waals surface area (Å²) in [6, 6.07) is 11.8. The summed E-state index contributed by atoms with van der Waals surface area (Å²) in [5, 5.41) is 3.37. The predicted molar refractivity (Wildman–Crippen MR) is 85.9 cm³/mol. The van der Waals surface area contributed by atoms with Crippen LogP contribution in [0.2, 0.25) is 0 Å². The van der Waals surface area contributed by atoms with Crippen molar-refractivity contribution < 1.29 is 4.74 Å². The second kappa shape index (κ2) is 6.76. The van der Waals surface area contributed by atoms with Gasteiger partial charge in [0.2, 0.25) is 5.88 Å². The highest BCUT2D eigenvalue weighted by Crippen LogP contribution is 2.27. The molecule has 1 aromatic carbocycles. The van der Waals surface area contributed by atoms with Crippen molar-refractivity contribution in [1.29, 1.82) is 0 Å². The van der Waals surface area contributed by atoms with Gasteiger partial charge in [0.25, 0.3) is 0 Å². The van der Waals surface area contributed by atoms with Gasteiger partial charge in [0.15, 0.2) is 0 Å². The van der Waals surface area contributed by atoms with Crippen molar-refractivity contribution in [2.45, 2.75) is 32.4 Å². The molecule has 0 saturated heterocycles. The van der Waals surface area contributed by atoms with Gasteiger partial charge in [-0.05, 0) is 26.3 Å². The lowest BCUT2D eigenvalue weighted by molar-refractivity contribution is 0.232. The summed E-state index contributed by atoms with van der Waals surface area (Å²) in [7, 11) is 0. The molecular formula is C16H20ClN3O. The molecule has 0 aliphatic carbocycles. The van der Waals surface area contributed by atoms with Gasteiger partial charge in [0, 0.05) is 11.9 Å². The summed E-state index contributed by atoms with van der Waals surface area (Å²) in [5.41, 5.74) is 0.691. The molecule has 112 valence electrons. The third-order valence-electron chi connectivity index (χ3n) is 3.08. The average molecular weight is 306 g/mol. The fraction of sp³-hybridized carbons (Fsp3) is 0.375. The van der Waals surface area contributed by atoms with E-state index in [0.717, 1.165) is 5.56 Å². The Labute approximate surface area is 130 Å². The first-order valence-electron chi connectivity index (χ1n) is 6.92. The van der Waals surface area contributed by atoms with E-state index in [4.69, 9.17) is 16.3 Å². The summed E-state index contributed by atoms with van der Waals surface area (Å²) in [5.74, 6) is 1.65. The van der Waals surface area contributed by atoms with E-state index in [1.165, 1.54) is 6.33 Å². The molecule has 0 amide bonds. The van der Waals surface area contributed by atoms with Crippen LogP contribution in [0, 0.1) is 0 Å². The third-order valence-corrected chi connectivity index (χ3v) is 3.62. The fourth-order valence-corrected chi connectivity index (χ4v) is 2.21. The zero-order chi connectivity index (χ0) is 15.3. The van der Waals surface area contributed by atoms with E-state index in [9.17, 15) is 0 Å². The van der Waals surface area contributed by atoms with Crippen LogP contribution in [-0.4, -0.2) is 22.0 Å². The number of nitrogens with one attached hydrogen (secondary N) is 1. The Morgan fingerprint density at radius 2 is 1.95 bits per heavy atom. The van der Waals surface area contributed by atoms with Crippen LogP contribution in [0.1, 0.15) is 26.3 Å². The standard InChI is InChI=1S/C16H20ClN3O/c1-12(2)21-15-9-14(18-11-19-15)20-16(3,10-17)13-7-5-4-6-8-13/h4-9,11-12H,10H2,1-3H3,(H,18,19,20). The van der Waals surface area contributed by atoms with Gasteiger partial charge in [-0.25, -0.2) is 9.97 Å². The Bertz CT molecular complexity index is 577. The van der Waals surface area contributed by atoms with E-state index in [1.54, 1.807) is 6.07 Å². The molecule has 0 aliphatic rings. The quantitative estimate of drug-likeness (QED) is 0.824. The molecule has 0 fully saturated rings. The van der Waals surface area contributed by atoms with Crippen molar-refractivity contribution in [1.82, 2.24) is 9.97 Å². The predicted octanol–water partition coefficient (Wildman–Crippen LogP) is 3.83. The third kappa shape index (κ3) is 4.08. The normalized spacial score (nSPS) is 13.8. The number of anilines is 1. The molecule has 2 aromatic rings. The van der Waals surface area contributed by atoms with Gasteiger partial charge in [-0.1, -0.05) is 30.3 Å². The molecule has 1 heterocycles. The first-order valence-corrected chi connectivity index (χ1v) is 7.45. The zero-order valence-electron chi connectivity index (χ0n) is 12.5. The Balaban J connectivity index is 2.22. The fourth-order valence-electron chi connectivity index (χ4n) is 1.99. The van der Waals surface area contributed by atoms with Crippen LogP contribution in [0.15, 0.2) is 42.7 Å². The number of ether oxygens (including phenoxy) is 1. The van der Waals surface area contributed by atoms with Crippen molar-refractivity contribution in [3.05, 3.63) is 48.3 Å². The van der Waals surface area contributed by atoms with Gasteiger partial charge < -0.3 is 10.1 Å². The van der Waals surface area contributed by atoms with Gasteiger partial charge in [-0.3, -0.25) is 0 Å². The lowest BCUT2D eigenvalue weighted by atomic mass is 9.94. The Morgan fingerprint density at radius 1 is 1.24 bits per heavy atom. The highest BCUT2D eigenvalue weighted by atomic mass is 35.5. The Morgan fingerprint density at radius 3 is 2.57 bits per heavy atom. The van der Waals surface area contributed by atoms with Gasteiger partial charge in [0.1, 0.15) is 12.1 Å². The SMILES string of the molecule is CC(C)Oc1cc(NC(C)(CCl)c2ccccc2)ncn1. The van der Waals surface area contributed by atoms with Crippen LogP contribution in [0.3, 0.4) is 0 Å². The molecule has 2 rings (SSSR count). The van der Waals surface area contributed by atoms with Crippen molar-refractivity contribution in [2.24, 2.45) is 0 Å². The average Bonchev–Trinajstić information content (AvgIpc) is 2.47. The van der Waals surface area contributed by atoms with Crippen molar-refractivity contribution >= 4 is 17.4 Å². The first-order chi connectivity index (χ1) is 10.0. The number of halogens is 1. The first kappa shape index (κ1) is 15.6. The minimum Gasteiger partial charge on any atom is -0.475 e. The molecule has 4 nitrogen and oxygen atoms in total. The van der Waals surface area contributed by atoms with E-state index in [1.807, 2.05) is 51.1 Å². The molecule has 0 radical (unpaired) electrons. The molecule has 1 aromatic heterocycles. The largest absolute Gasteiger partial charge is 0.475 e. The number of hydrogen-bond donors (Lipinski definition) is 1. The van der Waals surface area contributed by atoms with Crippen LogP contribution in [0.4, 0.5) is 5.82 Å². The molecular weight excluding hydrogens is 286 g/mol. The number of alkyl halides is 1. The highest BCUT2D eigenvalue weighted by molar-refractivity contribution is 6.18. The number of rotatable bonds is 6. The van der Waals surface area contributed by atoms with E-state index in [-0.39, 0.29) is 6.10 Å². The molecule has 1 N–H and O–H groups in total. The summed E-state index contributed by atoms with van der Waals surface area (Å²) in [6.07, 6.45) is 1.56. The summed E-state index contributed by atoms with van der Waals surface area (Å²) >= 11 is 6.18. The van der Waals surface area contributed by atoms with Crippen LogP contribution in [0.5, 0.6) is 5.88 Å². The molecule has 0 aliphatic heterocycles. The van der Waals surface area contributed by atoms with E-state index in [0.29, 0.717) is 17.6 Å². The van der Waals surface area contributed by atoms with Crippen LogP contribution in [0.25, 0.3) is 0 Å². The summed E-state index contributed by atoms with van der Waals surface area (Å²) in [6.45, 7) is 5.96. The maximum absolute atomic E-state index is 6.18. The van der Waals surface area contributed by atoms with E-state index < -0.39 is 5.54 Å². The molecule has 1 unspecified atom stereocenters. The van der Waals surface area contributed by atoms with Gasteiger partial charge in [0.05, 0.1) is 11.6 Å². The Hall–Kier alpha value is -1.81. The van der Waals surface area contributed by atoms with Crippen LogP contribution < -0.4 is 10.1 Å². The molecule has 0 spiro atoms. The molecule has 0 saturated carbocycles. The molecule has 1 atom stereocenters. The number of nitrogens with zero attached hydrogens (tertiary/aromatic N) is 2. The zero-order valence-corrected chi connectivity index (χ0v) is 13.3. The van der Waals surface area contributed by atoms with Gasteiger partial charge in [-0.2, -0.15) is 0 Å². The second-order valence-corrected chi connectivity index (χ2v) is 5.63. The van der Waals surface area contributed by atoms with E-state index >= 15 is 0 Å². The summed E-state index contributed by atoms with van der Waals surface area (Å²) < 4.78 is 5.58. The minimum absolute atomic E-state index is 0.0706. The van der Waals surface area contributed by atoms with E-state index in [2.05, 4.69) is 15.3 Å². The highest BCUT2D eigenvalue weighted by Gasteiger charge is 2.25. The topological polar surface area (TPSA) is 47.0 Å². The van der Waals surface area contributed by atoms with Crippen molar-refractivity contribution in [3.8, 4) is 5.88 Å². The smallest absolute Gasteiger partial charge is 0.218 e. The molecule has 0 bridgehead atoms. The van der Waals surface area contributed by atoms with Crippen LogP contribution >= 0.6 is 11.6 Å². The van der Waals surface area contributed by atoms with Crippen LogP contribution in [-0.2, 0) is 5.54 Å². The van der Waals surface area contributed by atoms with Gasteiger partial charge >= 0.3 is 0 Å². The molecule has 21 heavy (non-hydrogen) atoms. The maximum atomic E-state index is 6.18. The monoisotopic (exact) mass is 305 g/mol. The van der Waals surface area contributed by atoms with Crippen molar-refractivity contribution in [3.63, 3.8) is 0 Å². The number of benzene rings is 1. The van der Waals surface area contributed by atoms with Gasteiger partial charge in [-0.15, -0.1) is 11.6 Å². The lowest BCUT2D eigenvalue weighted by Crippen LogP contribution is -2.34. The maximum Gasteiger partial charge on any atom is 0.218 e. The Kier molecular flexibility index (Phi) is 5.02. The second-order valence-electron chi connectivity index (χ2n) is 5.36. The number of hydrogen-bond acceptors (Lipinski definition) is 4.